The monoisotopic (exact) mass is 244 g/mol. The van der Waals surface area contributed by atoms with Crippen molar-refractivity contribution in [3.8, 4) is 0 Å². The minimum absolute atomic E-state index is 0.0968. The van der Waals surface area contributed by atoms with Gasteiger partial charge in [0.05, 0.1) is 0 Å². The lowest BCUT2D eigenvalue weighted by Gasteiger charge is -2.31. The Morgan fingerprint density at radius 1 is 1.33 bits per heavy atom. The molecule has 1 aliphatic carbocycles. The number of aryl methyl sites for hydroxylation is 2. The second kappa shape index (κ2) is 4.73. The minimum atomic E-state index is 0.0968. The molecule has 0 radical (unpaired) electrons. The third-order valence-corrected chi connectivity index (χ3v) is 4.30. The Hall–Kier alpha value is -1.35. The van der Waals surface area contributed by atoms with Crippen LogP contribution in [-0.2, 0) is 17.6 Å². The van der Waals surface area contributed by atoms with Gasteiger partial charge in [0.15, 0.2) is 0 Å². The first-order chi connectivity index (χ1) is 8.74. The van der Waals surface area contributed by atoms with Crippen LogP contribution < -0.4 is 10.6 Å². The van der Waals surface area contributed by atoms with Gasteiger partial charge in [0.2, 0.25) is 5.91 Å². The molecule has 1 fully saturated rings. The van der Waals surface area contributed by atoms with Crippen LogP contribution in [0.1, 0.15) is 24.5 Å². The summed E-state index contributed by atoms with van der Waals surface area (Å²) in [6.45, 7) is 3.96. The second-order valence-corrected chi connectivity index (χ2v) is 5.53. The van der Waals surface area contributed by atoms with Crippen LogP contribution in [-0.4, -0.2) is 19.0 Å². The minimum Gasteiger partial charge on any atom is -0.326 e. The van der Waals surface area contributed by atoms with Crippen LogP contribution in [0.5, 0.6) is 0 Å². The highest BCUT2D eigenvalue weighted by atomic mass is 16.1. The maximum absolute atomic E-state index is 12.1. The molecule has 0 bridgehead atoms. The van der Waals surface area contributed by atoms with Crippen molar-refractivity contribution in [2.45, 2.75) is 26.2 Å². The molecule has 0 spiro atoms. The van der Waals surface area contributed by atoms with Crippen LogP contribution in [0.4, 0.5) is 5.69 Å². The quantitative estimate of drug-likeness (QED) is 0.853. The van der Waals surface area contributed by atoms with Gasteiger partial charge >= 0.3 is 0 Å². The SMILES string of the molecule is CC(C(=O)Nc1ccc2c(c1)CCC2)C1CNC1. The lowest BCUT2D eigenvalue weighted by Crippen LogP contribution is -2.48. The average molecular weight is 244 g/mol. The largest absolute Gasteiger partial charge is 0.326 e. The van der Waals surface area contributed by atoms with E-state index in [1.807, 2.05) is 13.0 Å². The zero-order valence-corrected chi connectivity index (χ0v) is 10.8. The number of amides is 1. The molecule has 1 saturated heterocycles. The molecule has 3 heteroatoms. The molecule has 18 heavy (non-hydrogen) atoms. The Labute approximate surface area is 108 Å². The van der Waals surface area contributed by atoms with E-state index in [2.05, 4.69) is 22.8 Å². The van der Waals surface area contributed by atoms with Crippen molar-refractivity contribution in [1.29, 1.82) is 0 Å². The average Bonchev–Trinajstić information content (AvgIpc) is 2.73. The summed E-state index contributed by atoms with van der Waals surface area (Å²) >= 11 is 0. The van der Waals surface area contributed by atoms with E-state index in [4.69, 9.17) is 0 Å². The summed E-state index contributed by atoms with van der Waals surface area (Å²) in [5.41, 5.74) is 3.81. The molecule has 0 aromatic heterocycles. The molecule has 1 aliphatic heterocycles. The molecule has 3 nitrogen and oxygen atoms in total. The predicted octanol–water partition coefficient (Wildman–Crippen LogP) is 1.97. The number of hydrogen-bond acceptors (Lipinski definition) is 2. The van der Waals surface area contributed by atoms with Gasteiger partial charge in [-0.1, -0.05) is 13.0 Å². The molecule has 3 rings (SSSR count). The van der Waals surface area contributed by atoms with Crippen LogP contribution in [0, 0.1) is 11.8 Å². The van der Waals surface area contributed by atoms with E-state index in [1.165, 1.54) is 24.0 Å². The fraction of sp³-hybridized carbons (Fsp3) is 0.533. The van der Waals surface area contributed by atoms with Crippen molar-refractivity contribution in [3.63, 3.8) is 0 Å². The molecule has 1 heterocycles. The van der Waals surface area contributed by atoms with Crippen molar-refractivity contribution >= 4 is 11.6 Å². The normalized spacial score (nSPS) is 20.1. The van der Waals surface area contributed by atoms with E-state index in [9.17, 15) is 4.79 Å². The zero-order valence-electron chi connectivity index (χ0n) is 10.8. The van der Waals surface area contributed by atoms with Crippen molar-refractivity contribution in [2.24, 2.45) is 11.8 Å². The van der Waals surface area contributed by atoms with Gasteiger partial charge in [0, 0.05) is 11.6 Å². The number of nitrogens with one attached hydrogen (secondary N) is 2. The fourth-order valence-corrected chi connectivity index (χ4v) is 2.78. The summed E-state index contributed by atoms with van der Waals surface area (Å²) in [6.07, 6.45) is 3.59. The number of anilines is 1. The standard InChI is InChI=1S/C15H20N2O/c1-10(13-8-16-9-13)15(18)17-14-6-5-11-3-2-4-12(11)7-14/h5-7,10,13,16H,2-4,8-9H2,1H3,(H,17,18). The summed E-state index contributed by atoms with van der Waals surface area (Å²) < 4.78 is 0. The summed E-state index contributed by atoms with van der Waals surface area (Å²) in [6, 6.07) is 6.34. The van der Waals surface area contributed by atoms with Crippen molar-refractivity contribution < 1.29 is 4.79 Å². The highest BCUT2D eigenvalue weighted by Gasteiger charge is 2.28. The molecule has 1 amide bonds. The van der Waals surface area contributed by atoms with Crippen LogP contribution in [0.15, 0.2) is 18.2 Å². The molecular formula is C15H20N2O. The van der Waals surface area contributed by atoms with Crippen LogP contribution in [0.3, 0.4) is 0 Å². The van der Waals surface area contributed by atoms with Gasteiger partial charge < -0.3 is 10.6 Å². The molecule has 0 saturated carbocycles. The number of hydrogen-bond donors (Lipinski definition) is 2. The second-order valence-electron chi connectivity index (χ2n) is 5.53. The maximum atomic E-state index is 12.1. The third-order valence-electron chi connectivity index (χ3n) is 4.30. The first-order valence-corrected chi connectivity index (χ1v) is 6.87. The van der Waals surface area contributed by atoms with E-state index in [-0.39, 0.29) is 11.8 Å². The van der Waals surface area contributed by atoms with Gasteiger partial charge in [-0.2, -0.15) is 0 Å². The molecule has 96 valence electrons. The van der Waals surface area contributed by atoms with E-state index >= 15 is 0 Å². The smallest absolute Gasteiger partial charge is 0.227 e. The lowest BCUT2D eigenvalue weighted by molar-refractivity contribution is -0.121. The first-order valence-electron chi connectivity index (χ1n) is 6.87. The van der Waals surface area contributed by atoms with Gasteiger partial charge in [-0.15, -0.1) is 0 Å². The van der Waals surface area contributed by atoms with Crippen molar-refractivity contribution in [1.82, 2.24) is 5.32 Å². The molecule has 1 aromatic carbocycles. The van der Waals surface area contributed by atoms with Gasteiger partial charge in [-0.25, -0.2) is 0 Å². The Kier molecular flexibility index (Phi) is 3.08. The van der Waals surface area contributed by atoms with E-state index < -0.39 is 0 Å². The third kappa shape index (κ3) is 2.15. The predicted molar refractivity (Wildman–Crippen MR) is 72.6 cm³/mol. The van der Waals surface area contributed by atoms with Gasteiger partial charge in [0.1, 0.15) is 0 Å². The molecule has 2 aliphatic rings. The van der Waals surface area contributed by atoms with Crippen molar-refractivity contribution in [2.75, 3.05) is 18.4 Å². The van der Waals surface area contributed by atoms with Gasteiger partial charge in [-0.3, -0.25) is 4.79 Å². The fourth-order valence-electron chi connectivity index (χ4n) is 2.78. The molecular weight excluding hydrogens is 224 g/mol. The van der Waals surface area contributed by atoms with Crippen LogP contribution in [0.25, 0.3) is 0 Å². The highest BCUT2D eigenvalue weighted by molar-refractivity contribution is 5.92. The molecule has 1 unspecified atom stereocenters. The Bertz CT molecular complexity index is 466. The first kappa shape index (κ1) is 11.7. The highest BCUT2D eigenvalue weighted by Crippen LogP contribution is 2.25. The number of rotatable bonds is 3. The molecule has 2 N–H and O–H groups in total. The Morgan fingerprint density at radius 2 is 2.11 bits per heavy atom. The Balaban J connectivity index is 1.66. The van der Waals surface area contributed by atoms with Gasteiger partial charge in [0.25, 0.3) is 0 Å². The topological polar surface area (TPSA) is 41.1 Å². The van der Waals surface area contributed by atoms with E-state index in [0.29, 0.717) is 5.92 Å². The lowest BCUT2D eigenvalue weighted by atomic mass is 9.88. The molecule has 1 atom stereocenters. The molecule has 1 aromatic rings. The summed E-state index contributed by atoms with van der Waals surface area (Å²) in [5.74, 6) is 0.748. The van der Waals surface area contributed by atoms with Crippen molar-refractivity contribution in [3.05, 3.63) is 29.3 Å². The summed E-state index contributed by atoms with van der Waals surface area (Å²) in [7, 11) is 0. The number of benzene rings is 1. The van der Waals surface area contributed by atoms with E-state index in [0.717, 1.165) is 25.2 Å². The summed E-state index contributed by atoms with van der Waals surface area (Å²) in [4.78, 5) is 12.1. The van der Waals surface area contributed by atoms with Gasteiger partial charge in [-0.05, 0) is 61.5 Å². The van der Waals surface area contributed by atoms with Crippen LogP contribution in [0.2, 0.25) is 0 Å². The van der Waals surface area contributed by atoms with E-state index in [1.54, 1.807) is 0 Å². The number of carbonyl (C=O) groups excluding carboxylic acids is 1. The summed E-state index contributed by atoms with van der Waals surface area (Å²) in [5, 5.41) is 6.27. The number of carbonyl (C=O) groups is 1. The Morgan fingerprint density at radius 3 is 2.83 bits per heavy atom. The van der Waals surface area contributed by atoms with Crippen LogP contribution >= 0.6 is 0 Å². The zero-order chi connectivity index (χ0) is 12.5. The maximum Gasteiger partial charge on any atom is 0.227 e. The number of fused-ring (bicyclic) bond motifs is 1.